The number of aryl methyl sites for hydroxylation is 1. The Morgan fingerprint density at radius 2 is 1.82 bits per heavy atom. The van der Waals surface area contributed by atoms with Crippen LogP contribution in [0, 0.1) is 6.92 Å². The largest absolute Gasteiger partial charge is 0.439 e. The highest BCUT2D eigenvalue weighted by atomic mass is 35.5. The minimum absolute atomic E-state index is 0.193. The number of anilines is 1. The van der Waals surface area contributed by atoms with Crippen molar-refractivity contribution in [3.63, 3.8) is 0 Å². The van der Waals surface area contributed by atoms with Crippen molar-refractivity contribution in [2.45, 2.75) is 13.8 Å². The van der Waals surface area contributed by atoms with Crippen LogP contribution in [0.25, 0.3) is 0 Å². The molecule has 142 valence electrons. The van der Waals surface area contributed by atoms with Gasteiger partial charge in [-0.15, -0.1) is 0 Å². The number of carbonyl (C=O) groups is 2. The summed E-state index contributed by atoms with van der Waals surface area (Å²) in [5.74, 6) is 0.299. The van der Waals surface area contributed by atoms with Crippen molar-refractivity contribution in [2.75, 3.05) is 5.32 Å². The summed E-state index contributed by atoms with van der Waals surface area (Å²) in [7, 11) is 0. The third-order valence-corrected chi connectivity index (χ3v) is 3.97. The van der Waals surface area contributed by atoms with Gasteiger partial charge in [-0.2, -0.15) is 0 Å². The van der Waals surface area contributed by atoms with E-state index in [1.165, 1.54) is 13.1 Å². The van der Waals surface area contributed by atoms with Gasteiger partial charge in [0.25, 0.3) is 5.91 Å². The molecule has 0 fully saturated rings. The molecule has 0 aliphatic rings. The van der Waals surface area contributed by atoms with Gasteiger partial charge >= 0.3 is 5.97 Å². The first-order valence-corrected chi connectivity index (χ1v) is 8.79. The van der Waals surface area contributed by atoms with E-state index in [9.17, 15) is 9.59 Å². The molecule has 0 aliphatic carbocycles. The normalized spacial score (nSPS) is 10.2. The van der Waals surface area contributed by atoms with Gasteiger partial charge in [-0.1, -0.05) is 23.7 Å². The molecule has 1 N–H and O–H groups in total. The van der Waals surface area contributed by atoms with E-state index in [1.807, 2.05) is 6.92 Å². The third-order valence-electron chi connectivity index (χ3n) is 3.73. The van der Waals surface area contributed by atoms with Crippen molar-refractivity contribution < 1.29 is 19.1 Å². The van der Waals surface area contributed by atoms with Gasteiger partial charge < -0.3 is 14.8 Å². The number of benzene rings is 2. The lowest BCUT2D eigenvalue weighted by Gasteiger charge is -2.11. The topological polar surface area (TPSA) is 77.5 Å². The van der Waals surface area contributed by atoms with E-state index in [2.05, 4.69) is 10.3 Å². The molecule has 0 radical (unpaired) electrons. The number of hydrogen-bond donors (Lipinski definition) is 1. The number of nitrogens with zero attached hydrogens (tertiary/aromatic N) is 1. The zero-order valence-electron chi connectivity index (χ0n) is 15.2. The number of carbonyl (C=O) groups excluding carboxylic acids is 2. The zero-order chi connectivity index (χ0) is 20.1. The number of rotatable bonds is 5. The first kappa shape index (κ1) is 19.4. The smallest absolute Gasteiger partial charge is 0.308 e. The zero-order valence-corrected chi connectivity index (χ0v) is 16.0. The SMILES string of the molecule is CC(=O)Oc1ccccc1C(=O)Nc1ccc(Oc2ccc(Cl)cc2C)nc1. The Bertz CT molecular complexity index is 1020. The van der Waals surface area contributed by atoms with Crippen LogP contribution in [0.4, 0.5) is 5.69 Å². The fourth-order valence-electron chi connectivity index (χ4n) is 2.45. The summed E-state index contributed by atoms with van der Waals surface area (Å²) in [5.41, 5.74) is 1.60. The molecule has 1 amide bonds. The van der Waals surface area contributed by atoms with Crippen molar-refractivity contribution in [3.8, 4) is 17.4 Å². The molecule has 0 atom stereocenters. The molecule has 2 aromatic carbocycles. The van der Waals surface area contributed by atoms with Gasteiger partial charge in [-0.25, -0.2) is 4.98 Å². The minimum atomic E-state index is -0.499. The van der Waals surface area contributed by atoms with Crippen LogP contribution >= 0.6 is 11.6 Å². The van der Waals surface area contributed by atoms with Crippen LogP contribution in [0.3, 0.4) is 0 Å². The van der Waals surface area contributed by atoms with Gasteiger partial charge in [0.2, 0.25) is 5.88 Å². The lowest BCUT2D eigenvalue weighted by atomic mass is 10.2. The molecule has 1 heterocycles. The lowest BCUT2D eigenvalue weighted by molar-refractivity contribution is -0.131. The van der Waals surface area contributed by atoms with E-state index in [0.717, 1.165) is 5.56 Å². The van der Waals surface area contributed by atoms with Gasteiger partial charge in [-0.05, 0) is 48.9 Å². The molecular weight excluding hydrogens is 380 g/mol. The average molecular weight is 397 g/mol. The number of pyridine rings is 1. The Balaban J connectivity index is 1.71. The van der Waals surface area contributed by atoms with Gasteiger partial charge in [0, 0.05) is 18.0 Å². The summed E-state index contributed by atoms with van der Waals surface area (Å²) < 4.78 is 10.8. The number of halogens is 1. The first-order chi connectivity index (χ1) is 13.4. The first-order valence-electron chi connectivity index (χ1n) is 8.41. The molecule has 7 heteroatoms. The quantitative estimate of drug-likeness (QED) is 0.484. The van der Waals surface area contributed by atoms with Crippen LogP contribution < -0.4 is 14.8 Å². The number of amides is 1. The van der Waals surface area contributed by atoms with E-state index in [4.69, 9.17) is 21.1 Å². The summed E-state index contributed by atoms with van der Waals surface area (Å²) in [6, 6.07) is 15.1. The maximum atomic E-state index is 12.5. The van der Waals surface area contributed by atoms with Crippen molar-refractivity contribution >= 4 is 29.2 Å². The van der Waals surface area contributed by atoms with Gasteiger partial charge in [0.1, 0.15) is 11.5 Å². The van der Waals surface area contributed by atoms with Crippen molar-refractivity contribution in [2.24, 2.45) is 0 Å². The van der Waals surface area contributed by atoms with E-state index >= 15 is 0 Å². The Hall–Kier alpha value is -3.38. The molecule has 3 aromatic rings. The van der Waals surface area contributed by atoms with Crippen LogP contribution in [0.5, 0.6) is 17.4 Å². The fraction of sp³-hybridized carbons (Fsp3) is 0.0952. The highest BCUT2D eigenvalue weighted by Crippen LogP contribution is 2.27. The van der Waals surface area contributed by atoms with Gasteiger partial charge in [0.15, 0.2) is 0 Å². The van der Waals surface area contributed by atoms with Crippen LogP contribution in [-0.4, -0.2) is 16.9 Å². The summed E-state index contributed by atoms with van der Waals surface area (Å²) in [6.45, 7) is 3.16. The molecule has 0 spiro atoms. The highest BCUT2D eigenvalue weighted by molar-refractivity contribution is 6.30. The second-order valence-electron chi connectivity index (χ2n) is 5.94. The van der Waals surface area contributed by atoms with Gasteiger partial charge in [-0.3, -0.25) is 9.59 Å². The van der Waals surface area contributed by atoms with Crippen molar-refractivity contribution in [3.05, 3.63) is 76.9 Å². The van der Waals surface area contributed by atoms with E-state index < -0.39 is 11.9 Å². The van der Waals surface area contributed by atoms with Crippen molar-refractivity contribution in [1.29, 1.82) is 0 Å². The predicted molar refractivity (Wildman–Crippen MR) is 106 cm³/mol. The number of para-hydroxylation sites is 1. The summed E-state index contributed by atoms with van der Waals surface area (Å²) in [4.78, 5) is 27.9. The number of esters is 1. The number of hydrogen-bond acceptors (Lipinski definition) is 5. The van der Waals surface area contributed by atoms with Crippen molar-refractivity contribution in [1.82, 2.24) is 4.98 Å². The maximum absolute atomic E-state index is 12.5. The molecular formula is C21H17ClN2O4. The molecule has 0 bridgehead atoms. The molecule has 0 saturated carbocycles. The predicted octanol–water partition coefficient (Wildman–Crippen LogP) is 5.01. The Kier molecular flexibility index (Phi) is 5.91. The van der Waals surface area contributed by atoms with E-state index in [1.54, 1.807) is 54.6 Å². The molecule has 0 aliphatic heterocycles. The number of aromatic nitrogens is 1. The van der Waals surface area contributed by atoms with Crippen LogP contribution in [-0.2, 0) is 4.79 Å². The second kappa shape index (κ2) is 8.54. The monoisotopic (exact) mass is 396 g/mol. The van der Waals surface area contributed by atoms with Crippen LogP contribution in [0.15, 0.2) is 60.8 Å². The lowest BCUT2D eigenvalue weighted by Crippen LogP contribution is -2.15. The summed E-state index contributed by atoms with van der Waals surface area (Å²) >= 11 is 5.94. The summed E-state index contributed by atoms with van der Waals surface area (Å²) in [5, 5.41) is 3.35. The number of ether oxygens (including phenoxy) is 2. The molecule has 1 aromatic heterocycles. The molecule has 28 heavy (non-hydrogen) atoms. The maximum Gasteiger partial charge on any atom is 0.308 e. The average Bonchev–Trinajstić information content (AvgIpc) is 2.65. The molecule has 3 rings (SSSR count). The standard InChI is InChI=1S/C21H17ClN2O4/c1-13-11-15(22)7-9-18(13)28-20-10-8-16(12-23-20)24-21(26)17-5-3-4-6-19(17)27-14(2)25/h3-12H,1-2H3,(H,24,26). The van der Waals surface area contributed by atoms with E-state index in [-0.39, 0.29) is 11.3 Å². The minimum Gasteiger partial charge on any atom is -0.439 e. The Morgan fingerprint density at radius 3 is 2.50 bits per heavy atom. The van der Waals surface area contributed by atoms with Gasteiger partial charge in [0.05, 0.1) is 17.4 Å². The number of nitrogens with one attached hydrogen (secondary N) is 1. The summed E-state index contributed by atoms with van der Waals surface area (Å²) in [6.07, 6.45) is 1.48. The molecule has 6 nitrogen and oxygen atoms in total. The third kappa shape index (κ3) is 4.86. The van der Waals surface area contributed by atoms with E-state index in [0.29, 0.717) is 22.3 Å². The van der Waals surface area contributed by atoms with Crippen LogP contribution in [0.1, 0.15) is 22.8 Å². The molecule has 0 saturated heterocycles. The Morgan fingerprint density at radius 1 is 1.04 bits per heavy atom. The Labute approximate surface area is 167 Å². The highest BCUT2D eigenvalue weighted by Gasteiger charge is 2.14. The van der Waals surface area contributed by atoms with Crippen LogP contribution in [0.2, 0.25) is 5.02 Å². The second-order valence-corrected chi connectivity index (χ2v) is 6.38. The molecule has 0 unspecified atom stereocenters. The fourth-order valence-corrected chi connectivity index (χ4v) is 2.68.